The molecule has 4 aromatic rings. The Balaban J connectivity index is 1.63. The number of hydrogen-bond donors (Lipinski definition) is 2. The average Bonchev–Trinajstić information content (AvgIpc) is 3.62. The van der Waals surface area contributed by atoms with Gasteiger partial charge in [-0.1, -0.05) is 103 Å². The zero-order valence-electron chi connectivity index (χ0n) is 34.0. The maximum atomic E-state index is 13.0. The second-order valence-electron chi connectivity index (χ2n) is 17.6. The molecule has 288 valence electrons. The molecule has 3 atom stereocenters. The number of imidazole rings is 1. The van der Waals surface area contributed by atoms with Gasteiger partial charge in [0.25, 0.3) is 0 Å². The van der Waals surface area contributed by atoms with Gasteiger partial charge in [0.1, 0.15) is 18.9 Å². The number of ether oxygens (including phenoxy) is 2. The quantitative estimate of drug-likeness (QED) is 0.128. The van der Waals surface area contributed by atoms with Crippen LogP contribution in [0.5, 0.6) is 5.88 Å². The van der Waals surface area contributed by atoms with Gasteiger partial charge in [0.2, 0.25) is 23.7 Å². The van der Waals surface area contributed by atoms with Crippen molar-refractivity contribution in [2.45, 2.75) is 130 Å². The SMILES string of the molecule is Cc1ccc(Nc2nc3c(OCc4ccccc4)nc(NC(=O)C(C)C)nc3n2[C@H]2C[C@H](O[Si](C)(C)C(C)(C)C)[C@@H](CO[Si](C)(C)C(C)(C)C)O2)cc1. The maximum Gasteiger partial charge on any atom is 0.247 e. The number of carbonyl (C=O) groups is 1. The lowest BCUT2D eigenvalue weighted by Gasteiger charge is -2.40. The summed E-state index contributed by atoms with van der Waals surface area (Å²) in [6, 6.07) is 18.0. The van der Waals surface area contributed by atoms with Crippen molar-refractivity contribution in [3.63, 3.8) is 0 Å². The first-order valence-electron chi connectivity index (χ1n) is 18.7. The van der Waals surface area contributed by atoms with Crippen LogP contribution in [-0.2, 0) is 25.0 Å². The Bertz CT molecular complexity index is 1870. The molecule has 2 aromatic heterocycles. The summed E-state index contributed by atoms with van der Waals surface area (Å²) < 4.78 is 29.3. The fourth-order valence-corrected chi connectivity index (χ4v) is 7.78. The van der Waals surface area contributed by atoms with Gasteiger partial charge in [-0.25, -0.2) is 4.98 Å². The van der Waals surface area contributed by atoms with E-state index in [1.165, 1.54) is 0 Å². The second kappa shape index (κ2) is 15.6. The first-order chi connectivity index (χ1) is 24.6. The highest BCUT2D eigenvalue weighted by atomic mass is 28.4. The largest absolute Gasteiger partial charge is 0.471 e. The van der Waals surface area contributed by atoms with E-state index in [4.69, 9.17) is 28.3 Å². The van der Waals surface area contributed by atoms with Crippen molar-refractivity contribution in [2.24, 2.45) is 5.92 Å². The van der Waals surface area contributed by atoms with E-state index >= 15 is 0 Å². The Hall–Kier alpha value is -3.63. The van der Waals surface area contributed by atoms with Crippen molar-refractivity contribution in [3.05, 3.63) is 65.7 Å². The fourth-order valence-electron chi connectivity index (χ4n) is 5.41. The Morgan fingerprint density at radius 1 is 0.925 bits per heavy atom. The van der Waals surface area contributed by atoms with Crippen molar-refractivity contribution in [1.82, 2.24) is 19.5 Å². The topological polar surface area (TPSA) is 122 Å². The number of nitrogens with zero attached hydrogens (tertiary/aromatic N) is 4. The van der Waals surface area contributed by atoms with Crippen molar-refractivity contribution in [2.75, 3.05) is 17.2 Å². The molecule has 0 bridgehead atoms. The molecule has 11 nitrogen and oxygen atoms in total. The highest BCUT2D eigenvalue weighted by Gasteiger charge is 2.47. The van der Waals surface area contributed by atoms with Crippen LogP contribution in [0, 0.1) is 12.8 Å². The van der Waals surface area contributed by atoms with Gasteiger partial charge >= 0.3 is 0 Å². The Morgan fingerprint density at radius 3 is 2.17 bits per heavy atom. The molecular formula is C40H60N6O5Si2. The number of benzene rings is 2. The van der Waals surface area contributed by atoms with Crippen LogP contribution >= 0.6 is 0 Å². The first kappa shape index (κ1) is 40.6. The number of amides is 1. The predicted molar refractivity (Wildman–Crippen MR) is 218 cm³/mol. The van der Waals surface area contributed by atoms with Crippen LogP contribution in [0.2, 0.25) is 36.3 Å². The molecule has 3 heterocycles. The van der Waals surface area contributed by atoms with E-state index in [-0.39, 0.29) is 52.5 Å². The summed E-state index contributed by atoms with van der Waals surface area (Å²) in [4.78, 5) is 27.6. The smallest absolute Gasteiger partial charge is 0.247 e. The van der Waals surface area contributed by atoms with Crippen LogP contribution in [0.15, 0.2) is 54.6 Å². The zero-order chi connectivity index (χ0) is 38.9. The molecular weight excluding hydrogens is 701 g/mol. The fraction of sp³-hybridized carbons (Fsp3) is 0.550. The minimum atomic E-state index is -2.22. The summed E-state index contributed by atoms with van der Waals surface area (Å²) in [5.41, 5.74) is 3.89. The number of aryl methyl sites for hydroxylation is 1. The number of fused-ring (bicyclic) bond motifs is 1. The molecule has 0 aliphatic carbocycles. The first-order valence-corrected chi connectivity index (χ1v) is 24.6. The lowest BCUT2D eigenvalue weighted by molar-refractivity contribution is -0.118. The van der Waals surface area contributed by atoms with Gasteiger partial charge in [-0.05, 0) is 60.9 Å². The van der Waals surface area contributed by atoms with Gasteiger partial charge in [0.15, 0.2) is 27.8 Å². The van der Waals surface area contributed by atoms with Gasteiger partial charge in [0.05, 0.1) is 12.7 Å². The standard InChI is InChI=1S/C40H60N6O5Si2/c1-26(2)35(47)44-37-43-34-33(36(45-37)48-24-28-17-15-14-16-18-28)42-38(41-29-21-19-27(3)20-22-29)46(34)32-23-30(51-53(12,13)40(7,8)9)31(50-32)25-49-52(10,11)39(4,5)6/h14-22,26,30-32H,23-25H2,1-13H3,(H,41,42)(H,43,44,45,47)/t30-,31+,32+/m0/s1. The lowest BCUT2D eigenvalue weighted by Crippen LogP contribution is -2.48. The number of rotatable bonds is 13. The Labute approximate surface area is 317 Å². The molecule has 1 saturated heterocycles. The third-order valence-corrected chi connectivity index (χ3v) is 19.9. The molecule has 1 aliphatic rings. The van der Waals surface area contributed by atoms with E-state index < -0.39 is 22.9 Å². The predicted octanol–water partition coefficient (Wildman–Crippen LogP) is 9.75. The normalized spacial score (nSPS) is 18.5. The van der Waals surface area contributed by atoms with Gasteiger partial charge in [0, 0.05) is 18.0 Å². The van der Waals surface area contributed by atoms with Crippen LogP contribution in [0.4, 0.5) is 17.6 Å². The van der Waals surface area contributed by atoms with Crippen LogP contribution < -0.4 is 15.4 Å². The molecule has 53 heavy (non-hydrogen) atoms. The third kappa shape index (κ3) is 9.55. The minimum absolute atomic E-state index is 0.00246. The van der Waals surface area contributed by atoms with Crippen LogP contribution in [-0.4, -0.2) is 60.9 Å². The van der Waals surface area contributed by atoms with E-state index in [0.717, 1.165) is 16.8 Å². The van der Waals surface area contributed by atoms with Crippen LogP contribution in [0.25, 0.3) is 11.2 Å². The Kier molecular flexibility index (Phi) is 12.0. The molecule has 2 N–H and O–H groups in total. The van der Waals surface area contributed by atoms with Crippen molar-refractivity contribution in [1.29, 1.82) is 0 Å². The summed E-state index contributed by atoms with van der Waals surface area (Å²) in [6.45, 7) is 28.9. The number of hydrogen-bond acceptors (Lipinski definition) is 9. The molecule has 0 radical (unpaired) electrons. The van der Waals surface area contributed by atoms with Crippen molar-refractivity contribution >= 4 is 51.3 Å². The molecule has 2 aromatic carbocycles. The molecule has 0 saturated carbocycles. The zero-order valence-corrected chi connectivity index (χ0v) is 36.0. The highest BCUT2D eigenvalue weighted by Crippen LogP contribution is 2.44. The number of aromatic nitrogens is 4. The molecule has 0 unspecified atom stereocenters. The summed E-state index contributed by atoms with van der Waals surface area (Å²) in [5.74, 6) is 0.419. The third-order valence-electron chi connectivity index (χ3n) is 10.9. The monoisotopic (exact) mass is 760 g/mol. The molecule has 5 rings (SSSR count). The number of carbonyl (C=O) groups excluding carboxylic acids is 1. The summed E-state index contributed by atoms with van der Waals surface area (Å²) >= 11 is 0. The minimum Gasteiger partial charge on any atom is -0.471 e. The summed E-state index contributed by atoms with van der Waals surface area (Å²) in [7, 11) is -4.33. The van der Waals surface area contributed by atoms with Gasteiger partial charge in [-0.2, -0.15) is 9.97 Å². The maximum absolute atomic E-state index is 13.0. The second-order valence-corrected chi connectivity index (χ2v) is 27.2. The molecule has 13 heteroatoms. The van der Waals surface area contributed by atoms with Gasteiger partial charge in [-0.3, -0.25) is 14.7 Å². The Morgan fingerprint density at radius 2 is 1.57 bits per heavy atom. The molecule has 1 aliphatic heterocycles. The van der Waals surface area contributed by atoms with Crippen LogP contribution in [0.3, 0.4) is 0 Å². The van der Waals surface area contributed by atoms with Crippen molar-refractivity contribution < 1.29 is 23.1 Å². The average molecular weight is 761 g/mol. The number of nitrogens with one attached hydrogen (secondary N) is 2. The molecule has 1 fully saturated rings. The van der Waals surface area contributed by atoms with E-state index in [0.29, 0.717) is 30.1 Å². The molecule has 1 amide bonds. The van der Waals surface area contributed by atoms with E-state index in [2.05, 4.69) is 90.3 Å². The van der Waals surface area contributed by atoms with Crippen molar-refractivity contribution in [3.8, 4) is 5.88 Å². The molecule has 0 spiro atoms. The van der Waals surface area contributed by atoms with Crippen LogP contribution in [0.1, 0.15) is 79.2 Å². The van der Waals surface area contributed by atoms with Gasteiger partial charge in [-0.15, -0.1) is 0 Å². The van der Waals surface area contributed by atoms with Gasteiger partial charge < -0.3 is 23.6 Å². The van der Waals surface area contributed by atoms with E-state index in [1.54, 1.807) is 0 Å². The summed E-state index contributed by atoms with van der Waals surface area (Å²) in [6.07, 6.45) is -0.541. The lowest BCUT2D eigenvalue weighted by atomic mass is 10.2. The highest BCUT2D eigenvalue weighted by molar-refractivity contribution is 6.74. The number of anilines is 3. The van der Waals surface area contributed by atoms with E-state index in [9.17, 15) is 4.79 Å². The van der Waals surface area contributed by atoms with E-state index in [1.807, 2.05) is 73.0 Å². The summed E-state index contributed by atoms with van der Waals surface area (Å²) in [5, 5.41) is 6.46.